The number of Topliss-reactive ketones (excluding diaryl/α,β-unsaturated/α-hetero) is 1. The van der Waals surface area contributed by atoms with Crippen LogP contribution in [0.4, 0.5) is 28.4 Å². The Balaban J connectivity index is 0.000000532. The summed E-state index contributed by atoms with van der Waals surface area (Å²) >= 11 is 15.4. The molecule has 1 saturated heterocycles. The quantitative estimate of drug-likeness (QED) is 0.0137. The average molecular weight is 2170 g/mol. The zero-order chi connectivity index (χ0) is 91.4. The second-order valence-electron chi connectivity index (χ2n) is 29.8. The van der Waals surface area contributed by atoms with E-state index in [1.807, 2.05) is 72.5 Å². The molecule has 0 aromatic heterocycles. The maximum Gasteiger partial charge on any atom is 0.239 e. The summed E-state index contributed by atoms with van der Waals surface area (Å²) in [7, 11) is 0. The van der Waals surface area contributed by atoms with Gasteiger partial charge in [-0.1, -0.05) is 326 Å². The van der Waals surface area contributed by atoms with Crippen molar-refractivity contribution in [2.24, 2.45) is 0 Å². The van der Waals surface area contributed by atoms with Crippen LogP contribution in [-0.4, -0.2) is 139 Å². The normalized spacial score (nSPS) is 10.8. The lowest BCUT2D eigenvalue weighted by atomic mass is 10.1. The Bertz CT molecular complexity index is 4710. The van der Waals surface area contributed by atoms with Crippen LogP contribution in [0.25, 0.3) is 0 Å². The lowest BCUT2D eigenvalue weighted by Crippen LogP contribution is -2.39. The van der Waals surface area contributed by atoms with Crippen molar-refractivity contribution in [1.82, 2.24) is 21.3 Å². The van der Waals surface area contributed by atoms with Crippen LogP contribution in [-0.2, 0) is 24.0 Å². The number of anilines is 5. The molecule has 11 rings (SSSR count). The molecule has 1 aliphatic heterocycles. The number of piperidine rings is 1. The lowest BCUT2D eigenvalue weighted by molar-refractivity contribution is -0.120. The number of ketones is 1. The second kappa shape index (κ2) is 66.9. The molecule has 0 spiro atoms. The summed E-state index contributed by atoms with van der Waals surface area (Å²) in [5.74, 6) is 0.256. The topological polar surface area (TPSA) is 208 Å². The molecule has 0 radical (unpaired) electrons. The first-order valence-electron chi connectivity index (χ1n) is 42.6. The van der Waals surface area contributed by atoms with E-state index in [2.05, 4.69) is 356 Å². The van der Waals surface area contributed by atoms with Crippen molar-refractivity contribution in [1.29, 1.82) is 0 Å². The third kappa shape index (κ3) is 43.3. The molecule has 10 aromatic carbocycles. The smallest absolute Gasteiger partial charge is 0.239 e. The van der Waals surface area contributed by atoms with Crippen LogP contribution >= 0.6 is 127 Å². The third-order valence-electron chi connectivity index (χ3n) is 18.9. The van der Waals surface area contributed by atoms with E-state index in [0.717, 1.165) is 109 Å². The number of para-hydroxylation sites is 5. The summed E-state index contributed by atoms with van der Waals surface area (Å²) in [6.07, 6.45) is 5.55. The Labute approximate surface area is 830 Å². The third-order valence-corrected chi connectivity index (χ3v) is 25.2. The average Bonchev–Trinajstić information content (AvgIpc) is 0.820. The predicted molar refractivity (Wildman–Crippen MR) is 581 cm³/mol. The standard InChI is InChI=1S/C22H30N2OS.C21H28N2O2S.C19H24N2OS.C19H21NOS.C18H22N2O2S.CH2I2.CH3I.3CH4/c1-5-13-23-22(25)16-24(14-6-2)19-9-7-8-10-21(19)26-20-12-11-17(3)15-18(20)4;1-4-12-23(15-21(25)22-11-13-24)18-7-5-6-8-20(18)26-19-10-9-16(2)14-17(19)3;1-4-11-20-19(22)13-21-16-7-5-6-8-18(16)23-17-10-9-14(2)12-15(17)3;1-14-9-10-18(15(2)12-14)22-19-8-4-3-7-17(19)20-11-5-6-16(21)13-20;1-13-7-8-16(14(2)11-13)23-17-6-4-3-5-15(17)20-12-18(22)19-9-10-21;2-1-3;1-2;;;/h7-12,15H,5-6,13-14,16H2,1-4H3,(H,23,25);5-10,14,24H,4,11-13,15H2,1-3H3,(H,22,25);5-10,12,21H,4,11,13H2,1-3H3,(H,20,22);3-4,7-10,12H,5-6,11,13H2,1-2H3;3-8,11,20-21H,9-10,12H2,1-2H3,(H,19,22);1H2;1H3;3*1H4. The highest BCUT2D eigenvalue weighted by Gasteiger charge is 2.22. The maximum absolute atomic E-state index is 12.3. The highest BCUT2D eigenvalue weighted by Crippen LogP contribution is 2.42. The number of amides is 4. The fourth-order valence-corrected chi connectivity index (χ4v) is 18.1. The number of rotatable bonds is 35. The molecule has 0 saturated carbocycles. The lowest BCUT2D eigenvalue weighted by Gasteiger charge is -2.29. The number of alkyl halides is 3. The van der Waals surface area contributed by atoms with E-state index in [4.69, 9.17) is 10.2 Å². The largest absolute Gasteiger partial charge is 0.395 e. The summed E-state index contributed by atoms with van der Waals surface area (Å²) in [6.45, 7) is 35.9. The number of hydrogen-bond acceptors (Lipinski definition) is 17. The van der Waals surface area contributed by atoms with Crippen LogP contribution in [0.5, 0.6) is 0 Å². The summed E-state index contributed by atoms with van der Waals surface area (Å²) in [5, 5.41) is 35.2. The van der Waals surface area contributed by atoms with E-state index in [0.29, 0.717) is 25.4 Å². The molecule has 1 aliphatic rings. The minimum atomic E-state index is -0.134. The number of carbonyl (C=O) groups excluding carboxylic acids is 5. The molecule has 16 nitrogen and oxygen atoms in total. The fraction of sp³-hybridized carbons (Fsp3) is 0.375. The number of benzene rings is 10. The van der Waals surface area contributed by atoms with Gasteiger partial charge in [-0.2, -0.15) is 0 Å². The Kier molecular flexibility index (Phi) is 61.0. The summed E-state index contributed by atoms with van der Waals surface area (Å²) in [4.78, 5) is 80.0. The number of aryl methyl sites for hydroxylation is 10. The summed E-state index contributed by atoms with van der Waals surface area (Å²) in [5.41, 5.74) is 18.0. The van der Waals surface area contributed by atoms with Crippen molar-refractivity contribution in [3.8, 4) is 0 Å². The number of halogens is 3. The molecule has 0 atom stereocenters. The van der Waals surface area contributed by atoms with Crippen LogP contribution in [0.1, 0.15) is 144 Å². The highest BCUT2D eigenvalue weighted by atomic mass is 127. The van der Waals surface area contributed by atoms with Gasteiger partial charge in [-0.3, -0.25) is 24.0 Å². The maximum atomic E-state index is 12.3. The van der Waals surface area contributed by atoms with Crippen molar-refractivity contribution in [2.75, 3.05) is 124 Å². The number of nitrogens with zero attached hydrogens (tertiary/aromatic N) is 3. The van der Waals surface area contributed by atoms with E-state index >= 15 is 0 Å². The van der Waals surface area contributed by atoms with Gasteiger partial charge in [0.2, 0.25) is 23.6 Å². The van der Waals surface area contributed by atoms with E-state index in [1.165, 1.54) is 98.0 Å². The highest BCUT2D eigenvalue weighted by molar-refractivity contribution is 14.2. The fourth-order valence-electron chi connectivity index (χ4n) is 13.0. The Morgan fingerprint density at radius 3 is 0.992 bits per heavy atom. The van der Waals surface area contributed by atoms with Gasteiger partial charge in [0.1, 0.15) is 0 Å². The van der Waals surface area contributed by atoms with E-state index < -0.39 is 0 Å². The van der Waals surface area contributed by atoms with E-state index in [1.54, 1.807) is 58.8 Å². The number of aliphatic hydroxyl groups is 2. The van der Waals surface area contributed by atoms with Gasteiger partial charge in [-0.05, 0) is 225 Å². The molecule has 696 valence electrons. The predicted octanol–water partition coefficient (Wildman–Crippen LogP) is 25.7. The van der Waals surface area contributed by atoms with E-state index in [-0.39, 0.29) is 85.3 Å². The van der Waals surface area contributed by atoms with Crippen LogP contribution in [0.3, 0.4) is 0 Å². The SMILES string of the molecule is C.C.C.CCCN(CC(=O)NCCO)c1ccccc1Sc1ccc(C)cc1C.CCCNC(=O)CN(CCC)c1ccccc1Sc1ccc(C)cc1C.CCCNC(=O)CNc1ccccc1Sc1ccc(C)cc1C.CI.Cc1ccc(Sc2ccccc2N2CCCC(=O)C2)c(C)c1.Cc1ccc(Sc2ccccc2NCC(=O)NCCO)c(C)c1.ICI. The first-order chi connectivity index (χ1) is 60.3. The van der Waals surface area contributed by atoms with Gasteiger partial charge in [0.25, 0.3) is 0 Å². The number of aliphatic hydroxyl groups excluding tert-OH is 2. The van der Waals surface area contributed by atoms with Crippen molar-refractivity contribution in [3.63, 3.8) is 0 Å². The Hall–Kier alpha value is -7.39. The van der Waals surface area contributed by atoms with Crippen molar-refractivity contribution < 1.29 is 34.2 Å². The van der Waals surface area contributed by atoms with Crippen LogP contribution in [0.2, 0.25) is 0 Å². The van der Waals surface area contributed by atoms with Crippen LogP contribution < -0.4 is 46.6 Å². The minimum Gasteiger partial charge on any atom is -0.395 e. The number of hydrogen-bond donors (Lipinski definition) is 8. The summed E-state index contributed by atoms with van der Waals surface area (Å²) < 4.78 is 1.19. The number of carbonyl (C=O) groups is 5. The monoisotopic (exact) mass is 2170 g/mol. The molecule has 0 aliphatic carbocycles. The zero-order valence-electron chi connectivity index (χ0n) is 75.5. The molecule has 8 N–H and O–H groups in total. The molecule has 0 unspecified atom stereocenters. The van der Waals surface area contributed by atoms with Crippen LogP contribution in [0, 0.1) is 69.2 Å². The van der Waals surface area contributed by atoms with E-state index in [9.17, 15) is 24.0 Å². The van der Waals surface area contributed by atoms with Gasteiger partial charge < -0.3 is 56.8 Å². The van der Waals surface area contributed by atoms with Gasteiger partial charge in [0, 0.05) is 113 Å². The second-order valence-corrected chi connectivity index (χ2v) is 39.7. The molecule has 128 heavy (non-hydrogen) atoms. The van der Waals surface area contributed by atoms with Crippen LogP contribution in [0.15, 0.2) is 261 Å². The molecule has 1 fully saturated rings. The molecule has 1 heterocycles. The molecule has 0 bridgehead atoms. The molecule has 24 heteroatoms. The van der Waals surface area contributed by atoms with Crippen molar-refractivity contribution in [3.05, 3.63) is 268 Å². The molecular formula is C104H142I3N9O7S5. The van der Waals surface area contributed by atoms with Crippen molar-refractivity contribution >= 4 is 184 Å². The minimum absolute atomic E-state index is 0. The van der Waals surface area contributed by atoms with Gasteiger partial charge in [-0.15, -0.1) is 0 Å². The van der Waals surface area contributed by atoms with Gasteiger partial charge in [0.15, 0.2) is 5.78 Å². The first kappa shape index (κ1) is 117. The number of nitrogens with one attached hydrogen (secondary N) is 6. The Morgan fingerprint density at radius 2 is 0.664 bits per heavy atom. The molecular weight excluding hydrogens is 2030 g/mol. The van der Waals surface area contributed by atoms with Gasteiger partial charge in [0.05, 0.1) is 65.4 Å². The van der Waals surface area contributed by atoms with Gasteiger partial charge >= 0.3 is 0 Å². The molecule has 10 aromatic rings. The zero-order valence-corrected chi connectivity index (χ0v) is 86.1. The molecule has 4 amide bonds. The first-order valence-corrected chi connectivity index (χ1v) is 51.9. The Morgan fingerprint density at radius 1 is 0.375 bits per heavy atom. The summed E-state index contributed by atoms with van der Waals surface area (Å²) in [6, 6.07) is 73.5. The van der Waals surface area contributed by atoms with Crippen molar-refractivity contribution in [2.45, 2.75) is 207 Å². The van der Waals surface area contributed by atoms with Gasteiger partial charge in [-0.25, -0.2) is 0 Å².